The van der Waals surface area contributed by atoms with Gasteiger partial charge in [-0.3, -0.25) is 4.99 Å². The van der Waals surface area contributed by atoms with Crippen LogP contribution in [0.25, 0.3) is 0 Å². The summed E-state index contributed by atoms with van der Waals surface area (Å²) in [7, 11) is 1.62. The Balaban J connectivity index is 2.30. The maximum absolute atomic E-state index is 5.50. The van der Waals surface area contributed by atoms with Crippen molar-refractivity contribution in [1.82, 2.24) is 0 Å². The van der Waals surface area contributed by atoms with Gasteiger partial charge in [0.25, 0.3) is 0 Å². The van der Waals surface area contributed by atoms with E-state index in [1.807, 2.05) is 18.2 Å². The number of benzene rings is 1. The summed E-state index contributed by atoms with van der Waals surface area (Å²) >= 11 is 0. The Labute approximate surface area is 89.7 Å². The van der Waals surface area contributed by atoms with Crippen LogP contribution in [0.15, 0.2) is 23.2 Å². The second-order valence-corrected chi connectivity index (χ2v) is 3.65. The van der Waals surface area contributed by atoms with Gasteiger partial charge in [-0.05, 0) is 31.9 Å². The third-order valence-corrected chi connectivity index (χ3v) is 2.49. The molecule has 3 heteroatoms. The van der Waals surface area contributed by atoms with Crippen LogP contribution in [0.2, 0.25) is 0 Å². The monoisotopic (exact) mass is 205 g/mol. The fourth-order valence-corrected chi connectivity index (χ4v) is 1.74. The third-order valence-electron chi connectivity index (χ3n) is 2.49. The predicted molar refractivity (Wildman–Crippen MR) is 60.0 cm³/mol. The highest BCUT2D eigenvalue weighted by Crippen LogP contribution is 2.33. The molecule has 80 valence electrons. The van der Waals surface area contributed by atoms with Crippen molar-refractivity contribution in [3.05, 3.63) is 23.8 Å². The van der Waals surface area contributed by atoms with E-state index in [0.29, 0.717) is 6.79 Å². The Morgan fingerprint density at radius 1 is 1.33 bits per heavy atom. The summed E-state index contributed by atoms with van der Waals surface area (Å²) in [5, 5.41) is 0. The van der Waals surface area contributed by atoms with Crippen molar-refractivity contribution in [2.75, 3.05) is 13.9 Å². The van der Waals surface area contributed by atoms with E-state index in [1.54, 1.807) is 7.11 Å². The summed E-state index contributed by atoms with van der Waals surface area (Å²) in [6.45, 7) is 2.35. The molecule has 3 nitrogen and oxygen atoms in total. The first-order valence-electron chi connectivity index (χ1n) is 5.09. The van der Waals surface area contributed by atoms with Gasteiger partial charge in [-0.15, -0.1) is 0 Å². The summed E-state index contributed by atoms with van der Waals surface area (Å²) in [5.41, 5.74) is 3.42. The van der Waals surface area contributed by atoms with Gasteiger partial charge >= 0.3 is 0 Å². The van der Waals surface area contributed by atoms with Gasteiger partial charge in [-0.2, -0.15) is 0 Å². The smallest absolute Gasteiger partial charge is 0.188 e. The number of fused-ring (bicyclic) bond motifs is 1. The topological polar surface area (TPSA) is 30.8 Å². The average Bonchev–Trinajstić information content (AvgIpc) is 2.25. The van der Waals surface area contributed by atoms with Crippen LogP contribution in [0.4, 0.5) is 5.69 Å². The molecule has 0 unspecified atom stereocenters. The van der Waals surface area contributed by atoms with E-state index >= 15 is 0 Å². The lowest BCUT2D eigenvalue weighted by Gasteiger charge is -2.16. The molecule has 2 rings (SSSR count). The molecule has 0 saturated carbocycles. The molecule has 0 aromatic heterocycles. The van der Waals surface area contributed by atoms with Gasteiger partial charge in [0.1, 0.15) is 5.75 Å². The van der Waals surface area contributed by atoms with Gasteiger partial charge < -0.3 is 9.47 Å². The SMILES string of the molecule is COCOc1cccc2c1CCC(C)=N2. The van der Waals surface area contributed by atoms with Gasteiger partial charge in [0.05, 0.1) is 5.69 Å². The summed E-state index contributed by atoms with van der Waals surface area (Å²) in [6, 6.07) is 5.96. The van der Waals surface area contributed by atoms with Crippen molar-refractivity contribution in [3.63, 3.8) is 0 Å². The number of rotatable bonds is 3. The molecule has 0 saturated heterocycles. The number of aliphatic imine (C=N–C) groups is 1. The fourth-order valence-electron chi connectivity index (χ4n) is 1.74. The number of methoxy groups -OCH3 is 1. The molecule has 15 heavy (non-hydrogen) atoms. The van der Waals surface area contributed by atoms with Crippen LogP contribution >= 0.6 is 0 Å². The first-order chi connectivity index (χ1) is 7.31. The normalized spacial score (nSPS) is 14.4. The van der Waals surface area contributed by atoms with Gasteiger partial charge in [0.2, 0.25) is 0 Å². The second-order valence-electron chi connectivity index (χ2n) is 3.65. The molecule has 1 aliphatic rings. The molecule has 1 aliphatic heterocycles. The van der Waals surface area contributed by atoms with Crippen molar-refractivity contribution in [1.29, 1.82) is 0 Å². The maximum atomic E-state index is 5.50. The maximum Gasteiger partial charge on any atom is 0.188 e. The van der Waals surface area contributed by atoms with Crippen molar-refractivity contribution < 1.29 is 9.47 Å². The molecule has 0 atom stereocenters. The fraction of sp³-hybridized carbons (Fsp3) is 0.417. The van der Waals surface area contributed by atoms with Crippen LogP contribution < -0.4 is 4.74 Å². The van der Waals surface area contributed by atoms with Gasteiger partial charge in [-0.1, -0.05) is 6.07 Å². The highest BCUT2D eigenvalue weighted by molar-refractivity contribution is 5.87. The lowest BCUT2D eigenvalue weighted by molar-refractivity contribution is 0.0505. The van der Waals surface area contributed by atoms with Crippen LogP contribution in [0.5, 0.6) is 5.75 Å². The predicted octanol–water partition coefficient (Wildman–Crippen LogP) is 2.71. The third kappa shape index (κ3) is 2.18. The van der Waals surface area contributed by atoms with E-state index in [0.717, 1.165) is 24.3 Å². The quantitative estimate of drug-likeness (QED) is 0.710. The van der Waals surface area contributed by atoms with E-state index in [2.05, 4.69) is 11.9 Å². The van der Waals surface area contributed by atoms with Crippen LogP contribution in [0.3, 0.4) is 0 Å². The highest BCUT2D eigenvalue weighted by atomic mass is 16.7. The Bertz CT molecular complexity index is 385. The van der Waals surface area contributed by atoms with Crippen LogP contribution in [0, 0.1) is 0 Å². The van der Waals surface area contributed by atoms with Crippen molar-refractivity contribution >= 4 is 11.4 Å². The zero-order valence-corrected chi connectivity index (χ0v) is 9.12. The Hall–Kier alpha value is -1.35. The molecular weight excluding hydrogens is 190 g/mol. The largest absolute Gasteiger partial charge is 0.467 e. The summed E-state index contributed by atoms with van der Waals surface area (Å²) in [5.74, 6) is 0.894. The first-order valence-corrected chi connectivity index (χ1v) is 5.09. The molecule has 1 aromatic rings. The molecular formula is C12H15NO2. The molecule has 0 spiro atoms. The van der Waals surface area contributed by atoms with E-state index in [9.17, 15) is 0 Å². The standard InChI is InChI=1S/C12H15NO2/c1-9-6-7-10-11(13-9)4-3-5-12(10)15-8-14-2/h3-5H,6-8H2,1-2H3. The van der Waals surface area contributed by atoms with Crippen molar-refractivity contribution in [2.24, 2.45) is 4.99 Å². The molecule has 0 radical (unpaired) electrons. The zero-order chi connectivity index (χ0) is 10.7. The molecule has 0 bridgehead atoms. The summed E-state index contributed by atoms with van der Waals surface area (Å²) < 4.78 is 10.4. The minimum absolute atomic E-state index is 0.291. The van der Waals surface area contributed by atoms with Crippen LogP contribution in [-0.4, -0.2) is 19.6 Å². The Morgan fingerprint density at radius 2 is 2.20 bits per heavy atom. The van der Waals surface area contributed by atoms with E-state index < -0.39 is 0 Å². The highest BCUT2D eigenvalue weighted by Gasteiger charge is 2.13. The van der Waals surface area contributed by atoms with Gasteiger partial charge in [-0.25, -0.2) is 0 Å². The minimum Gasteiger partial charge on any atom is -0.467 e. The van der Waals surface area contributed by atoms with E-state index in [4.69, 9.17) is 9.47 Å². The molecule has 1 aromatic carbocycles. The van der Waals surface area contributed by atoms with Gasteiger partial charge in [0, 0.05) is 18.4 Å². The first kappa shape index (κ1) is 10.2. The second kappa shape index (κ2) is 4.45. The van der Waals surface area contributed by atoms with Crippen molar-refractivity contribution in [3.8, 4) is 5.75 Å². The van der Waals surface area contributed by atoms with Crippen LogP contribution in [0.1, 0.15) is 18.9 Å². The number of hydrogen-bond acceptors (Lipinski definition) is 3. The zero-order valence-electron chi connectivity index (χ0n) is 9.12. The lowest BCUT2D eigenvalue weighted by atomic mass is 10.0. The number of nitrogens with zero attached hydrogens (tertiary/aromatic N) is 1. The molecule has 0 aliphatic carbocycles. The average molecular weight is 205 g/mol. The van der Waals surface area contributed by atoms with E-state index in [1.165, 1.54) is 11.3 Å². The summed E-state index contributed by atoms with van der Waals surface area (Å²) in [6.07, 6.45) is 2.02. The Morgan fingerprint density at radius 3 is 3.00 bits per heavy atom. The Kier molecular flexibility index (Phi) is 3.02. The minimum atomic E-state index is 0.291. The van der Waals surface area contributed by atoms with E-state index in [-0.39, 0.29) is 0 Å². The number of hydrogen-bond donors (Lipinski definition) is 0. The molecule has 0 N–H and O–H groups in total. The van der Waals surface area contributed by atoms with Gasteiger partial charge in [0.15, 0.2) is 6.79 Å². The van der Waals surface area contributed by atoms with Crippen LogP contribution in [-0.2, 0) is 11.2 Å². The number of ether oxygens (including phenoxy) is 2. The molecule has 0 amide bonds. The molecule has 0 fully saturated rings. The van der Waals surface area contributed by atoms with Crippen molar-refractivity contribution in [2.45, 2.75) is 19.8 Å². The summed E-state index contributed by atoms with van der Waals surface area (Å²) in [4.78, 5) is 4.51. The lowest BCUT2D eigenvalue weighted by Crippen LogP contribution is -2.06. The molecule has 1 heterocycles.